The number of imidazole rings is 1. The van der Waals surface area contributed by atoms with Gasteiger partial charge in [-0.15, -0.1) is 0 Å². The summed E-state index contributed by atoms with van der Waals surface area (Å²) >= 11 is 0. The van der Waals surface area contributed by atoms with E-state index in [0.717, 1.165) is 48.3 Å². The second-order valence-corrected chi connectivity index (χ2v) is 7.46. The van der Waals surface area contributed by atoms with Crippen molar-refractivity contribution >= 4 is 28.5 Å². The van der Waals surface area contributed by atoms with Crippen LogP contribution in [-0.4, -0.2) is 58.1 Å². The fourth-order valence-corrected chi connectivity index (χ4v) is 4.18. The molecule has 1 aliphatic rings. The number of benzene rings is 1. The predicted molar refractivity (Wildman–Crippen MR) is 108 cm³/mol. The molecule has 1 N–H and O–H groups in total. The molecule has 1 saturated heterocycles. The molecular formula is C21H23N5O2. The normalized spacial score (nSPS) is 15.4. The van der Waals surface area contributed by atoms with Gasteiger partial charge in [0.1, 0.15) is 11.9 Å². The first-order valence-corrected chi connectivity index (χ1v) is 9.47. The SMILES string of the molecule is Cc1cc(N2CCC(N(C)CC(=O)O)CC2)n2c(nc3ccccc32)c1C#N. The fraction of sp³-hybridized carbons (Fsp3) is 0.381. The Morgan fingerprint density at radius 1 is 1.36 bits per heavy atom. The Hall–Kier alpha value is -3.11. The van der Waals surface area contributed by atoms with Crippen LogP contribution in [0.2, 0.25) is 0 Å². The minimum Gasteiger partial charge on any atom is -0.480 e. The highest BCUT2D eigenvalue weighted by Crippen LogP contribution is 2.30. The topological polar surface area (TPSA) is 84.9 Å². The Kier molecular flexibility index (Phi) is 4.65. The lowest BCUT2D eigenvalue weighted by atomic mass is 10.0. The van der Waals surface area contributed by atoms with Crippen molar-refractivity contribution in [1.29, 1.82) is 5.26 Å². The lowest BCUT2D eigenvalue weighted by molar-refractivity contribution is -0.138. The van der Waals surface area contributed by atoms with Crippen molar-refractivity contribution in [2.75, 3.05) is 31.6 Å². The van der Waals surface area contributed by atoms with Crippen molar-refractivity contribution in [1.82, 2.24) is 14.3 Å². The zero-order chi connectivity index (χ0) is 19.8. The van der Waals surface area contributed by atoms with Crippen LogP contribution >= 0.6 is 0 Å². The number of carbonyl (C=O) groups is 1. The first-order valence-electron chi connectivity index (χ1n) is 9.47. The Bertz CT molecular complexity index is 1090. The van der Waals surface area contributed by atoms with Gasteiger partial charge in [0.25, 0.3) is 0 Å². The average Bonchev–Trinajstić information content (AvgIpc) is 3.06. The van der Waals surface area contributed by atoms with E-state index < -0.39 is 5.97 Å². The standard InChI is InChI=1S/C21H23N5O2/c1-14-11-19(25-9-7-15(8-10-25)24(2)13-20(27)28)26-18-6-4-3-5-17(18)23-21(26)16(14)12-22/h3-6,11,15H,7-10,13H2,1-2H3,(H,27,28). The molecule has 0 atom stereocenters. The average molecular weight is 377 g/mol. The largest absolute Gasteiger partial charge is 0.480 e. The number of nitrogens with zero attached hydrogens (tertiary/aromatic N) is 5. The number of hydrogen-bond donors (Lipinski definition) is 1. The van der Waals surface area contributed by atoms with Gasteiger partial charge in [0.2, 0.25) is 0 Å². The molecule has 0 radical (unpaired) electrons. The van der Waals surface area contributed by atoms with E-state index in [0.29, 0.717) is 11.2 Å². The Balaban J connectivity index is 1.72. The lowest BCUT2D eigenvalue weighted by Gasteiger charge is -2.37. The van der Waals surface area contributed by atoms with E-state index in [4.69, 9.17) is 10.1 Å². The van der Waals surface area contributed by atoms with Crippen LogP contribution in [0.25, 0.3) is 16.7 Å². The van der Waals surface area contributed by atoms with Crippen LogP contribution in [0.4, 0.5) is 5.82 Å². The van der Waals surface area contributed by atoms with Gasteiger partial charge in [-0.1, -0.05) is 12.1 Å². The number of aromatic nitrogens is 2. The highest BCUT2D eigenvalue weighted by atomic mass is 16.4. The van der Waals surface area contributed by atoms with E-state index >= 15 is 0 Å². The lowest BCUT2D eigenvalue weighted by Crippen LogP contribution is -2.45. The van der Waals surface area contributed by atoms with Crippen molar-refractivity contribution in [3.8, 4) is 6.07 Å². The number of nitriles is 1. The predicted octanol–water partition coefficient (Wildman–Crippen LogP) is 2.65. The quantitative estimate of drug-likeness (QED) is 0.752. The van der Waals surface area contributed by atoms with Gasteiger partial charge in [-0.05, 0) is 50.6 Å². The molecule has 4 rings (SSSR count). The molecule has 3 aromatic rings. The van der Waals surface area contributed by atoms with Crippen LogP contribution in [0.5, 0.6) is 0 Å². The number of para-hydroxylation sites is 2. The molecule has 0 saturated carbocycles. The summed E-state index contributed by atoms with van der Waals surface area (Å²) in [7, 11) is 1.88. The molecule has 2 aromatic heterocycles. The fourth-order valence-electron chi connectivity index (χ4n) is 4.18. The van der Waals surface area contributed by atoms with Gasteiger partial charge in [-0.2, -0.15) is 5.26 Å². The van der Waals surface area contributed by atoms with Crippen molar-refractivity contribution in [3.05, 3.63) is 41.5 Å². The molecule has 1 fully saturated rings. The van der Waals surface area contributed by atoms with E-state index in [1.807, 2.05) is 43.1 Å². The molecule has 1 aromatic carbocycles. The second-order valence-electron chi connectivity index (χ2n) is 7.46. The molecule has 3 heterocycles. The van der Waals surface area contributed by atoms with Crippen molar-refractivity contribution in [2.45, 2.75) is 25.8 Å². The monoisotopic (exact) mass is 377 g/mol. The summed E-state index contributed by atoms with van der Waals surface area (Å²) in [6.45, 7) is 3.69. The maximum Gasteiger partial charge on any atom is 0.317 e. The Morgan fingerprint density at radius 3 is 2.75 bits per heavy atom. The summed E-state index contributed by atoms with van der Waals surface area (Å²) in [5.74, 6) is 0.249. The third-order valence-electron chi connectivity index (χ3n) is 5.66. The third kappa shape index (κ3) is 3.06. The van der Waals surface area contributed by atoms with Crippen LogP contribution in [0.3, 0.4) is 0 Å². The maximum atomic E-state index is 11.0. The summed E-state index contributed by atoms with van der Waals surface area (Å²) in [5, 5.41) is 18.7. The van der Waals surface area contributed by atoms with Crippen LogP contribution in [0.15, 0.2) is 30.3 Å². The van der Waals surface area contributed by atoms with Crippen molar-refractivity contribution in [2.24, 2.45) is 0 Å². The molecule has 0 amide bonds. The molecule has 0 unspecified atom stereocenters. The van der Waals surface area contributed by atoms with Crippen LogP contribution in [0, 0.1) is 18.3 Å². The highest BCUT2D eigenvalue weighted by molar-refractivity contribution is 5.85. The van der Waals surface area contributed by atoms with Gasteiger partial charge in [-0.25, -0.2) is 4.98 Å². The van der Waals surface area contributed by atoms with Gasteiger partial charge in [0.05, 0.1) is 23.1 Å². The van der Waals surface area contributed by atoms with Crippen LogP contribution in [-0.2, 0) is 4.79 Å². The highest BCUT2D eigenvalue weighted by Gasteiger charge is 2.26. The third-order valence-corrected chi connectivity index (χ3v) is 5.66. The number of carboxylic acid groups (broad SMARTS) is 1. The van der Waals surface area contributed by atoms with Crippen LogP contribution in [0.1, 0.15) is 24.0 Å². The number of fused-ring (bicyclic) bond motifs is 3. The number of piperidine rings is 1. The minimum atomic E-state index is -0.792. The number of hydrogen-bond acceptors (Lipinski definition) is 5. The van der Waals surface area contributed by atoms with E-state index in [2.05, 4.69) is 21.4 Å². The van der Waals surface area contributed by atoms with Gasteiger partial charge < -0.3 is 10.0 Å². The zero-order valence-electron chi connectivity index (χ0n) is 16.1. The van der Waals surface area contributed by atoms with E-state index in [-0.39, 0.29) is 12.6 Å². The molecule has 1 aliphatic heterocycles. The summed E-state index contributed by atoms with van der Waals surface area (Å²) < 4.78 is 2.09. The van der Waals surface area contributed by atoms with Crippen LogP contribution < -0.4 is 4.90 Å². The summed E-state index contributed by atoms with van der Waals surface area (Å²) in [6.07, 6.45) is 1.80. The van der Waals surface area contributed by atoms with E-state index in [1.165, 1.54) is 0 Å². The smallest absolute Gasteiger partial charge is 0.317 e. The number of aliphatic carboxylic acids is 1. The van der Waals surface area contributed by atoms with Gasteiger partial charge >= 0.3 is 5.97 Å². The minimum absolute atomic E-state index is 0.0665. The zero-order valence-corrected chi connectivity index (χ0v) is 16.1. The summed E-state index contributed by atoms with van der Waals surface area (Å²) in [4.78, 5) is 19.9. The van der Waals surface area contributed by atoms with E-state index in [9.17, 15) is 10.1 Å². The summed E-state index contributed by atoms with van der Waals surface area (Å²) in [5.41, 5.74) is 4.10. The van der Waals surface area contributed by atoms with Crippen molar-refractivity contribution < 1.29 is 9.90 Å². The van der Waals surface area contributed by atoms with Gasteiger partial charge in [0, 0.05) is 19.1 Å². The molecular weight excluding hydrogens is 354 g/mol. The van der Waals surface area contributed by atoms with Gasteiger partial charge in [0.15, 0.2) is 5.65 Å². The molecule has 7 nitrogen and oxygen atoms in total. The van der Waals surface area contributed by atoms with Crippen molar-refractivity contribution in [3.63, 3.8) is 0 Å². The second kappa shape index (κ2) is 7.13. The molecule has 0 bridgehead atoms. The Morgan fingerprint density at radius 2 is 2.07 bits per heavy atom. The van der Waals surface area contributed by atoms with E-state index in [1.54, 1.807) is 0 Å². The number of anilines is 1. The molecule has 0 spiro atoms. The number of rotatable bonds is 4. The first-order chi connectivity index (χ1) is 13.5. The number of likely N-dealkylation sites (N-methyl/N-ethyl adjacent to an activating group) is 1. The number of pyridine rings is 1. The number of aryl methyl sites for hydroxylation is 1. The molecule has 28 heavy (non-hydrogen) atoms. The summed E-state index contributed by atoms with van der Waals surface area (Å²) in [6, 6.07) is 12.6. The van der Waals surface area contributed by atoms with Gasteiger partial charge in [-0.3, -0.25) is 14.1 Å². The first kappa shape index (κ1) is 18.3. The maximum absolute atomic E-state index is 11.0. The molecule has 7 heteroatoms. The molecule has 0 aliphatic carbocycles. The number of carboxylic acids is 1. The Labute approximate surface area is 163 Å². The molecule has 144 valence electrons.